The summed E-state index contributed by atoms with van der Waals surface area (Å²) in [5.74, 6) is -0.548. The van der Waals surface area contributed by atoms with Crippen molar-refractivity contribution in [1.82, 2.24) is 20.7 Å². The van der Waals surface area contributed by atoms with Crippen molar-refractivity contribution in [3.8, 4) is 5.88 Å². The maximum absolute atomic E-state index is 12.9. The maximum atomic E-state index is 12.9. The number of carbonyl (C=O) groups excluding carboxylic acids is 3. The molecule has 1 aromatic heterocycles. The molecular formula is C24H30N4O5. The van der Waals surface area contributed by atoms with E-state index >= 15 is 0 Å². The van der Waals surface area contributed by atoms with Crippen molar-refractivity contribution in [3.63, 3.8) is 0 Å². The van der Waals surface area contributed by atoms with E-state index in [2.05, 4.69) is 29.6 Å². The van der Waals surface area contributed by atoms with Gasteiger partial charge in [-0.15, -0.1) is 0 Å². The number of benzene rings is 1. The standard InChI is InChI=1S/C24H30N4O5/c1-14-5-6-15(2)28(14)22(30)18-9-7-17(8-10-18)16(3)25-23(31)24(11-12-24)26-21(29)19-13-20(32-4)27-33-19/h7-10,13-16H,5-6,11-12H2,1-4H3,(H,25,31)(H,26,29)/t14?,15?,16-/m1/s1. The number of nitrogens with zero attached hydrogens (tertiary/aromatic N) is 2. The van der Waals surface area contributed by atoms with E-state index in [4.69, 9.17) is 9.26 Å². The van der Waals surface area contributed by atoms with Gasteiger partial charge in [0.05, 0.1) is 19.2 Å². The van der Waals surface area contributed by atoms with E-state index in [0.29, 0.717) is 18.4 Å². The summed E-state index contributed by atoms with van der Waals surface area (Å²) < 4.78 is 9.87. The molecule has 2 heterocycles. The molecule has 0 spiro atoms. The van der Waals surface area contributed by atoms with E-state index in [1.54, 1.807) is 0 Å². The lowest BCUT2D eigenvalue weighted by Crippen LogP contribution is -2.49. The van der Waals surface area contributed by atoms with Gasteiger partial charge in [0.25, 0.3) is 17.7 Å². The van der Waals surface area contributed by atoms with Gasteiger partial charge in [0.15, 0.2) is 0 Å². The van der Waals surface area contributed by atoms with Crippen LogP contribution in [0.4, 0.5) is 0 Å². The predicted octanol–water partition coefficient (Wildman–Crippen LogP) is 2.84. The first-order valence-electron chi connectivity index (χ1n) is 11.3. The Kier molecular flexibility index (Phi) is 6.14. The van der Waals surface area contributed by atoms with Crippen LogP contribution in [0.15, 0.2) is 34.9 Å². The first-order chi connectivity index (χ1) is 15.7. The van der Waals surface area contributed by atoms with E-state index in [0.717, 1.165) is 18.4 Å². The average Bonchev–Trinajstić information content (AvgIpc) is 3.28. The molecule has 2 unspecified atom stereocenters. The summed E-state index contributed by atoms with van der Waals surface area (Å²) in [6.07, 6.45) is 3.14. The molecule has 176 valence electrons. The second-order valence-electron chi connectivity index (χ2n) is 9.07. The molecule has 1 saturated heterocycles. The SMILES string of the molecule is COc1cc(C(=O)NC2(C(=O)N[C@H](C)c3ccc(C(=O)N4C(C)CCC4C)cc3)CC2)on1. The molecule has 1 saturated carbocycles. The van der Waals surface area contributed by atoms with Crippen LogP contribution in [0.3, 0.4) is 0 Å². The molecule has 1 aliphatic heterocycles. The highest BCUT2D eigenvalue weighted by Crippen LogP contribution is 2.37. The minimum atomic E-state index is -0.955. The first-order valence-corrected chi connectivity index (χ1v) is 11.3. The second-order valence-corrected chi connectivity index (χ2v) is 9.07. The van der Waals surface area contributed by atoms with E-state index in [1.807, 2.05) is 36.1 Å². The Morgan fingerprint density at radius 1 is 1.15 bits per heavy atom. The third-order valence-electron chi connectivity index (χ3n) is 6.65. The van der Waals surface area contributed by atoms with Gasteiger partial charge in [-0.05, 0) is 69.3 Å². The third-order valence-corrected chi connectivity index (χ3v) is 6.65. The number of hydrogen-bond acceptors (Lipinski definition) is 6. The van der Waals surface area contributed by atoms with Crippen LogP contribution in [0, 0.1) is 0 Å². The highest BCUT2D eigenvalue weighted by atomic mass is 16.5. The second kappa shape index (κ2) is 8.88. The summed E-state index contributed by atoms with van der Waals surface area (Å²) in [4.78, 5) is 40.2. The van der Waals surface area contributed by atoms with Gasteiger partial charge in [0, 0.05) is 17.6 Å². The van der Waals surface area contributed by atoms with Gasteiger partial charge in [0.2, 0.25) is 11.7 Å². The van der Waals surface area contributed by atoms with Crippen molar-refractivity contribution >= 4 is 17.7 Å². The van der Waals surface area contributed by atoms with Crippen molar-refractivity contribution in [3.05, 3.63) is 47.2 Å². The van der Waals surface area contributed by atoms with E-state index < -0.39 is 11.4 Å². The molecule has 1 aromatic carbocycles. The lowest BCUT2D eigenvalue weighted by Gasteiger charge is -2.26. The lowest BCUT2D eigenvalue weighted by atomic mass is 10.0. The van der Waals surface area contributed by atoms with Crippen molar-refractivity contribution in [2.75, 3.05) is 7.11 Å². The molecule has 3 amide bonds. The van der Waals surface area contributed by atoms with Crippen LogP contribution in [0.5, 0.6) is 5.88 Å². The quantitative estimate of drug-likeness (QED) is 0.665. The average molecular weight is 455 g/mol. The Morgan fingerprint density at radius 3 is 2.33 bits per heavy atom. The zero-order valence-electron chi connectivity index (χ0n) is 19.4. The highest BCUT2D eigenvalue weighted by Gasteiger charge is 2.52. The van der Waals surface area contributed by atoms with Gasteiger partial charge in [-0.25, -0.2) is 0 Å². The third kappa shape index (κ3) is 4.58. The highest BCUT2D eigenvalue weighted by molar-refractivity contribution is 5.99. The molecule has 0 radical (unpaired) electrons. The van der Waals surface area contributed by atoms with Crippen LogP contribution in [-0.4, -0.2) is 52.5 Å². The van der Waals surface area contributed by atoms with Crippen molar-refractivity contribution < 1.29 is 23.6 Å². The summed E-state index contributed by atoms with van der Waals surface area (Å²) in [5, 5.41) is 9.33. The van der Waals surface area contributed by atoms with Crippen LogP contribution in [0.1, 0.15) is 79.0 Å². The van der Waals surface area contributed by atoms with Gasteiger partial charge in [-0.2, -0.15) is 0 Å². The fourth-order valence-corrected chi connectivity index (χ4v) is 4.35. The molecule has 3 atom stereocenters. The zero-order chi connectivity index (χ0) is 23.8. The number of carbonyl (C=O) groups is 3. The molecule has 2 N–H and O–H groups in total. The Morgan fingerprint density at radius 2 is 1.79 bits per heavy atom. The number of likely N-dealkylation sites (tertiary alicyclic amines) is 1. The number of methoxy groups -OCH3 is 1. The molecule has 0 bridgehead atoms. The fraction of sp³-hybridized carbons (Fsp3) is 0.500. The summed E-state index contributed by atoms with van der Waals surface area (Å²) in [6.45, 7) is 6.04. The molecule has 33 heavy (non-hydrogen) atoms. The van der Waals surface area contributed by atoms with Crippen molar-refractivity contribution in [1.29, 1.82) is 0 Å². The monoisotopic (exact) mass is 454 g/mol. The molecule has 1 aliphatic carbocycles. The number of nitrogens with one attached hydrogen (secondary N) is 2. The Hall–Kier alpha value is -3.36. The molecular weight excluding hydrogens is 424 g/mol. The van der Waals surface area contributed by atoms with Gasteiger partial charge < -0.3 is 24.8 Å². The van der Waals surface area contributed by atoms with Crippen LogP contribution < -0.4 is 15.4 Å². The minimum absolute atomic E-state index is 0.0131. The predicted molar refractivity (Wildman–Crippen MR) is 120 cm³/mol. The largest absolute Gasteiger partial charge is 0.479 e. The Bertz CT molecular complexity index is 1030. The maximum Gasteiger partial charge on any atom is 0.290 e. The molecule has 4 rings (SSSR count). The van der Waals surface area contributed by atoms with Gasteiger partial charge >= 0.3 is 0 Å². The summed E-state index contributed by atoms with van der Waals surface area (Å²) in [5.41, 5.74) is 0.569. The first kappa shape index (κ1) is 22.8. The fourth-order valence-electron chi connectivity index (χ4n) is 4.35. The van der Waals surface area contributed by atoms with Crippen molar-refractivity contribution in [2.45, 2.75) is 70.1 Å². The molecule has 2 fully saturated rings. The van der Waals surface area contributed by atoms with Crippen LogP contribution >= 0.6 is 0 Å². The van der Waals surface area contributed by atoms with E-state index in [9.17, 15) is 14.4 Å². The van der Waals surface area contributed by atoms with Crippen LogP contribution in [0.25, 0.3) is 0 Å². The van der Waals surface area contributed by atoms with Gasteiger partial charge in [-0.3, -0.25) is 14.4 Å². The normalized spacial score (nSPS) is 21.9. The summed E-state index contributed by atoms with van der Waals surface area (Å²) in [6, 6.07) is 8.92. The molecule has 2 aliphatic rings. The van der Waals surface area contributed by atoms with Crippen LogP contribution in [0.2, 0.25) is 0 Å². The summed E-state index contributed by atoms with van der Waals surface area (Å²) in [7, 11) is 1.42. The lowest BCUT2D eigenvalue weighted by molar-refractivity contribution is -0.124. The minimum Gasteiger partial charge on any atom is -0.479 e. The molecule has 9 nitrogen and oxygen atoms in total. The molecule has 2 aromatic rings. The molecule has 9 heteroatoms. The van der Waals surface area contributed by atoms with E-state index in [1.165, 1.54) is 13.2 Å². The topological polar surface area (TPSA) is 114 Å². The number of ether oxygens (including phenoxy) is 1. The van der Waals surface area contributed by atoms with Crippen LogP contribution in [-0.2, 0) is 4.79 Å². The smallest absolute Gasteiger partial charge is 0.290 e. The van der Waals surface area contributed by atoms with Gasteiger partial charge in [-0.1, -0.05) is 12.1 Å². The number of hydrogen-bond donors (Lipinski definition) is 2. The summed E-state index contributed by atoms with van der Waals surface area (Å²) >= 11 is 0. The number of amides is 3. The zero-order valence-corrected chi connectivity index (χ0v) is 19.4. The van der Waals surface area contributed by atoms with Gasteiger partial charge in [0.1, 0.15) is 5.54 Å². The van der Waals surface area contributed by atoms with E-state index in [-0.39, 0.29) is 41.6 Å². The Labute approximate surface area is 192 Å². The Balaban J connectivity index is 1.36. The number of aromatic nitrogens is 1. The number of rotatable bonds is 7. The van der Waals surface area contributed by atoms with Crippen molar-refractivity contribution in [2.24, 2.45) is 0 Å².